The summed E-state index contributed by atoms with van der Waals surface area (Å²) in [5.74, 6) is 1.74. The maximum atomic E-state index is 12.3. The van der Waals surface area contributed by atoms with Crippen LogP contribution in [0.5, 0.6) is 11.5 Å². The van der Waals surface area contributed by atoms with Crippen LogP contribution in [0.2, 0.25) is 5.02 Å². The van der Waals surface area contributed by atoms with Gasteiger partial charge >= 0.3 is 0 Å². The molecule has 0 saturated carbocycles. The summed E-state index contributed by atoms with van der Waals surface area (Å²) in [6.07, 6.45) is 2.22. The molecule has 6 heteroatoms. The maximum absolute atomic E-state index is 12.3. The predicted octanol–water partition coefficient (Wildman–Crippen LogP) is 3.78. The first-order chi connectivity index (χ1) is 12.5. The minimum atomic E-state index is -0.240. The molecule has 3 rings (SSSR count). The molecule has 1 aliphatic heterocycles. The molecule has 1 aliphatic rings. The number of methoxy groups -OCH3 is 2. The minimum Gasteiger partial charge on any atom is -0.496 e. The number of carbonyl (C=O) groups excluding carboxylic acids is 1. The molecule has 26 heavy (non-hydrogen) atoms. The number of nitrogens with zero attached hydrogens (tertiary/aromatic N) is 1. The summed E-state index contributed by atoms with van der Waals surface area (Å²) in [7, 11) is 3.20. The van der Waals surface area contributed by atoms with E-state index in [9.17, 15) is 4.79 Å². The Kier molecular flexibility index (Phi) is 5.28. The molecule has 0 aromatic heterocycles. The molecular formula is C20H19ClN2O3. The average molecular weight is 371 g/mol. The fourth-order valence-electron chi connectivity index (χ4n) is 2.73. The van der Waals surface area contributed by atoms with Crippen molar-refractivity contribution in [2.24, 2.45) is 4.99 Å². The van der Waals surface area contributed by atoms with E-state index in [4.69, 9.17) is 21.1 Å². The van der Waals surface area contributed by atoms with Crippen LogP contribution in [-0.4, -0.2) is 26.0 Å². The molecule has 1 heterocycles. The Hall–Kier alpha value is -2.79. The van der Waals surface area contributed by atoms with Crippen molar-refractivity contribution < 1.29 is 14.3 Å². The number of ether oxygens (including phenoxy) is 2. The summed E-state index contributed by atoms with van der Waals surface area (Å²) in [6, 6.07) is 11.2. The van der Waals surface area contributed by atoms with Crippen molar-refractivity contribution in [2.75, 3.05) is 14.2 Å². The van der Waals surface area contributed by atoms with Gasteiger partial charge in [0.2, 0.25) is 0 Å². The summed E-state index contributed by atoms with van der Waals surface area (Å²) in [4.78, 5) is 16.7. The Morgan fingerprint density at radius 2 is 1.81 bits per heavy atom. The minimum absolute atomic E-state index is 0.240. The molecule has 0 unspecified atom stereocenters. The van der Waals surface area contributed by atoms with E-state index in [2.05, 4.69) is 10.3 Å². The average Bonchev–Trinajstić information content (AvgIpc) is 2.97. The zero-order chi connectivity index (χ0) is 18.7. The van der Waals surface area contributed by atoms with Crippen molar-refractivity contribution in [3.8, 4) is 11.5 Å². The van der Waals surface area contributed by atoms with E-state index < -0.39 is 0 Å². The van der Waals surface area contributed by atoms with Crippen molar-refractivity contribution in [3.05, 3.63) is 63.8 Å². The van der Waals surface area contributed by atoms with E-state index in [1.165, 1.54) is 0 Å². The molecule has 1 N–H and O–H groups in total. The highest BCUT2D eigenvalue weighted by Crippen LogP contribution is 2.30. The number of benzene rings is 2. The molecule has 0 radical (unpaired) electrons. The fourth-order valence-corrected chi connectivity index (χ4v) is 2.86. The van der Waals surface area contributed by atoms with Crippen LogP contribution in [-0.2, 0) is 11.2 Å². The summed E-state index contributed by atoms with van der Waals surface area (Å²) in [6.45, 7) is 1.93. The van der Waals surface area contributed by atoms with Gasteiger partial charge < -0.3 is 14.8 Å². The van der Waals surface area contributed by atoms with Crippen molar-refractivity contribution in [2.45, 2.75) is 13.3 Å². The first-order valence-electron chi connectivity index (χ1n) is 8.08. The Balaban J connectivity index is 1.89. The van der Waals surface area contributed by atoms with E-state index in [0.717, 1.165) is 22.4 Å². The number of carbonyl (C=O) groups is 1. The summed E-state index contributed by atoms with van der Waals surface area (Å²) >= 11 is 5.90. The lowest BCUT2D eigenvalue weighted by Gasteiger charge is -2.10. The number of aliphatic imine (C=N–C) groups is 1. The quantitative estimate of drug-likeness (QED) is 0.815. The zero-order valence-corrected chi connectivity index (χ0v) is 15.6. The summed E-state index contributed by atoms with van der Waals surface area (Å²) < 4.78 is 10.8. The monoisotopic (exact) mass is 370 g/mol. The third kappa shape index (κ3) is 3.89. The lowest BCUT2D eigenvalue weighted by Crippen LogP contribution is -2.25. The summed E-state index contributed by atoms with van der Waals surface area (Å²) in [5, 5.41) is 3.48. The third-order valence-electron chi connectivity index (χ3n) is 4.07. The van der Waals surface area contributed by atoms with E-state index in [1.54, 1.807) is 20.3 Å². The highest BCUT2D eigenvalue weighted by molar-refractivity contribution is 6.30. The van der Waals surface area contributed by atoms with Crippen LogP contribution >= 0.6 is 11.6 Å². The van der Waals surface area contributed by atoms with Gasteiger partial charge in [0.15, 0.2) is 0 Å². The van der Waals surface area contributed by atoms with Crippen molar-refractivity contribution in [1.82, 2.24) is 5.32 Å². The fraction of sp³-hybridized carbons (Fsp3) is 0.200. The lowest BCUT2D eigenvalue weighted by atomic mass is 10.1. The Bertz CT molecular complexity index is 902. The number of amidine groups is 1. The number of halogens is 1. The summed E-state index contributed by atoms with van der Waals surface area (Å²) in [5.41, 5.74) is 3.04. The first kappa shape index (κ1) is 18.0. The van der Waals surface area contributed by atoms with Gasteiger partial charge in [-0.2, -0.15) is 0 Å². The van der Waals surface area contributed by atoms with Gasteiger partial charge in [-0.3, -0.25) is 4.79 Å². The first-order valence-corrected chi connectivity index (χ1v) is 8.45. The highest BCUT2D eigenvalue weighted by Gasteiger charge is 2.21. The van der Waals surface area contributed by atoms with E-state index in [1.807, 2.05) is 43.3 Å². The Labute approximate surface area is 157 Å². The second kappa shape index (κ2) is 7.62. The van der Waals surface area contributed by atoms with Crippen LogP contribution in [0.15, 0.2) is 47.1 Å². The second-order valence-electron chi connectivity index (χ2n) is 5.91. The predicted molar refractivity (Wildman–Crippen MR) is 103 cm³/mol. The van der Waals surface area contributed by atoms with Crippen LogP contribution in [0.25, 0.3) is 6.08 Å². The number of hydrogen-bond donors (Lipinski definition) is 1. The molecule has 134 valence electrons. The smallest absolute Gasteiger partial charge is 0.275 e. The van der Waals surface area contributed by atoms with Crippen LogP contribution in [0.1, 0.15) is 16.7 Å². The van der Waals surface area contributed by atoms with Gasteiger partial charge in [-0.25, -0.2) is 4.99 Å². The van der Waals surface area contributed by atoms with Crippen LogP contribution in [0.4, 0.5) is 0 Å². The molecule has 0 spiro atoms. The molecule has 0 bridgehead atoms. The largest absolute Gasteiger partial charge is 0.496 e. The maximum Gasteiger partial charge on any atom is 0.275 e. The number of hydrogen-bond acceptors (Lipinski definition) is 4. The molecule has 0 saturated heterocycles. The van der Waals surface area contributed by atoms with Crippen LogP contribution < -0.4 is 14.8 Å². The Morgan fingerprint density at radius 1 is 1.12 bits per heavy atom. The van der Waals surface area contributed by atoms with Gasteiger partial charge in [0, 0.05) is 17.0 Å². The van der Waals surface area contributed by atoms with Crippen LogP contribution in [0, 0.1) is 6.92 Å². The van der Waals surface area contributed by atoms with Gasteiger partial charge in [0.05, 0.1) is 14.2 Å². The topological polar surface area (TPSA) is 59.9 Å². The third-order valence-corrected chi connectivity index (χ3v) is 4.32. The van der Waals surface area contributed by atoms with Crippen molar-refractivity contribution in [1.29, 1.82) is 0 Å². The molecule has 2 aromatic carbocycles. The molecule has 5 nitrogen and oxygen atoms in total. The molecule has 2 aromatic rings. The van der Waals surface area contributed by atoms with Crippen molar-refractivity contribution >= 4 is 29.4 Å². The highest BCUT2D eigenvalue weighted by atomic mass is 35.5. The van der Waals surface area contributed by atoms with E-state index in [-0.39, 0.29) is 5.91 Å². The van der Waals surface area contributed by atoms with E-state index >= 15 is 0 Å². The molecule has 0 fully saturated rings. The van der Waals surface area contributed by atoms with E-state index in [0.29, 0.717) is 28.7 Å². The zero-order valence-electron chi connectivity index (χ0n) is 14.8. The molecular weight excluding hydrogens is 352 g/mol. The number of aryl methyl sites for hydroxylation is 1. The van der Waals surface area contributed by atoms with Gasteiger partial charge in [0.25, 0.3) is 5.91 Å². The standard InChI is InChI=1S/C20H19ClN2O3/c1-12-8-18(26-3)14(11-17(12)25-2)10-16-20(24)23-19(22-16)9-13-4-6-15(21)7-5-13/h4-8,10-11H,9H2,1-3H3,(H,22,23,24)/b16-10+. The lowest BCUT2D eigenvalue weighted by molar-refractivity contribution is -0.115. The van der Waals surface area contributed by atoms with Crippen molar-refractivity contribution in [3.63, 3.8) is 0 Å². The molecule has 1 amide bonds. The van der Waals surface area contributed by atoms with Gasteiger partial charge in [-0.1, -0.05) is 23.7 Å². The molecule has 0 aliphatic carbocycles. The second-order valence-corrected chi connectivity index (χ2v) is 6.35. The number of rotatable bonds is 5. The number of nitrogens with one attached hydrogen (secondary N) is 1. The van der Waals surface area contributed by atoms with Crippen LogP contribution in [0.3, 0.4) is 0 Å². The normalized spacial score (nSPS) is 15.0. The molecule has 0 atom stereocenters. The van der Waals surface area contributed by atoms with Gasteiger partial charge in [-0.05, 0) is 48.4 Å². The van der Waals surface area contributed by atoms with Gasteiger partial charge in [0.1, 0.15) is 23.0 Å². The number of amides is 1. The Morgan fingerprint density at radius 3 is 2.46 bits per heavy atom. The van der Waals surface area contributed by atoms with Gasteiger partial charge in [-0.15, -0.1) is 0 Å². The SMILES string of the molecule is COc1cc(/C=C2/N=C(Cc3ccc(Cl)cc3)NC2=O)c(OC)cc1C.